The first kappa shape index (κ1) is 33.9. The summed E-state index contributed by atoms with van der Waals surface area (Å²) < 4.78 is 75.3. The molecule has 5 rings (SSSR count). The highest BCUT2D eigenvalue weighted by Crippen LogP contribution is 2.43. The number of nitrogens with zero attached hydrogens (tertiary/aromatic N) is 1. The first-order chi connectivity index (χ1) is 22.2. The molecule has 2 aliphatic rings. The molecule has 2 atom stereocenters. The average Bonchev–Trinajstić information content (AvgIpc) is 3.94. The molecule has 0 spiro atoms. The van der Waals surface area contributed by atoms with E-state index in [1.165, 1.54) is 37.3 Å². The summed E-state index contributed by atoms with van der Waals surface area (Å²) in [6, 6.07) is 9.63. The van der Waals surface area contributed by atoms with Crippen LogP contribution in [0.2, 0.25) is 0 Å². The number of aliphatic hydroxyl groups excluding tert-OH is 1. The molecule has 3 aromatic rings. The smallest absolute Gasteiger partial charge is 0.424 e. The molecule has 0 radical (unpaired) electrons. The topological polar surface area (TPSA) is 153 Å². The van der Waals surface area contributed by atoms with Crippen molar-refractivity contribution >= 4 is 11.8 Å². The highest BCUT2D eigenvalue weighted by atomic mass is 19.4. The number of hydrogen-bond acceptors (Lipinski definition) is 8. The van der Waals surface area contributed by atoms with Gasteiger partial charge in [0.25, 0.3) is 5.91 Å². The molecule has 0 aliphatic heterocycles. The largest absolute Gasteiger partial charge is 0.491 e. The fourth-order valence-corrected chi connectivity index (χ4v) is 4.65. The minimum atomic E-state index is -5.37. The number of amides is 2. The lowest BCUT2D eigenvalue weighted by Gasteiger charge is -2.31. The van der Waals surface area contributed by atoms with Gasteiger partial charge in [0.15, 0.2) is 11.5 Å². The maximum absolute atomic E-state index is 14.7. The summed E-state index contributed by atoms with van der Waals surface area (Å²) in [5.41, 5.74) is 0.618. The van der Waals surface area contributed by atoms with Crippen LogP contribution >= 0.6 is 0 Å². The molecule has 0 saturated heterocycles. The van der Waals surface area contributed by atoms with Crippen LogP contribution in [0, 0.1) is 11.7 Å². The van der Waals surface area contributed by atoms with E-state index in [1.807, 2.05) is 0 Å². The van der Waals surface area contributed by atoms with E-state index in [-0.39, 0.29) is 64.9 Å². The third kappa shape index (κ3) is 8.49. The Balaban J connectivity index is 1.49. The molecule has 2 amide bonds. The van der Waals surface area contributed by atoms with Crippen LogP contribution in [0.5, 0.6) is 17.2 Å². The van der Waals surface area contributed by atoms with Gasteiger partial charge in [-0.2, -0.15) is 13.2 Å². The second-order valence-corrected chi connectivity index (χ2v) is 11.9. The highest BCUT2D eigenvalue weighted by Gasteiger charge is 2.57. The van der Waals surface area contributed by atoms with Gasteiger partial charge in [-0.25, -0.2) is 9.37 Å². The SMILES string of the molecule is C[C@@H](O)COc1ccc(C(=O)NC[C@](O)(c2cc(CC(N)=O)c(OCC3CC3)c(-c3ccc(F)cc3)n2)C(F)(F)F)cc1OC1CC1. The predicted octanol–water partition coefficient (Wildman–Crippen LogP) is 4.19. The van der Waals surface area contributed by atoms with Gasteiger partial charge in [-0.05, 0) is 87.1 Å². The number of primary amides is 1. The molecule has 0 unspecified atom stereocenters. The second-order valence-electron chi connectivity index (χ2n) is 11.9. The molecule has 10 nitrogen and oxygen atoms in total. The molecular weight excluding hydrogens is 626 g/mol. The number of aromatic nitrogens is 1. The van der Waals surface area contributed by atoms with Crippen LogP contribution in [0.25, 0.3) is 11.3 Å². The van der Waals surface area contributed by atoms with E-state index in [0.717, 1.165) is 43.9 Å². The lowest BCUT2D eigenvalue weighted by atomic mass is 9.93. The number of hydrogen-bond donors (Lipinski definition) is 4. The normalized spacial score (nSPS) is 16.6. The molecule has 5 N–H and O–H groups in total. The van der Waals surface area contributed by atoms with Crippen molar-refractivity contribution in [2.24, 2.45) is 11.7 Å². The van der Waals surface area contributed by atoms with Gasteiger partial charge < -0.3 is 35.5 Å². The van der Waals surface area contributed by atoms with E-state index in [9.17, 15) is 37.4 Å². The van der Waals surface area contributed by atoms with Crippen molar-refractivity contribution in [1.29, 1.82) is 0 Å². The van der Waals surface area contributed by atoms with E-state index in [2.05, 4.69) is 10.3 Å². The molecule has 1 aromatic heterocycles. The minimum absolute atomic E-state index is 0.0132. The third-order valence-electron chi connectivity index (χ3n) is 7.59. The number of alkyl halides is 3. The quantitative estimate of drug-likeness (QED) is 0.177. The van der Waals surface area contributed by atoms with Gasteiger partial charge in [0.2, 0.25) is 11.5 Å². The van der Waals surface area contributed by atoms with Gasteiger partial charge >= 0.3 is 6.18 Å². The van der Waals surface area contributed by atoms with Crippen molar-refractivity contribution in [2.45, 2.75) is 63.0 Å². The zero-order valence-electron chi connectivity index (χ0n) is 25.5. The molecule has 14 heteroatoms. The number of pyridine rings is 1. The molecule has 2 aliphatic carbocycles. The number of carbonyl (C=O) groups excluding carboxylic acids is 2. The Labute approximate surface area is 267 Å². The van der Waals surface area contributed by atoms with Gasteiger partial charge in [-0.1, -0.05) is 0 Å². The van der Waals surface area contributed by atoms with Crippen LogP contribution in [0.1, 0.15) is 54.2 Å². The minimum Gasteiger partial charge on any atom is -0.491 e. The standard InChI is InChI=1S/C33H35F4N3O7/c1-18(41)15-45-25-11-6-21(12-26(25)47-24-9-10-24)31(43)39-17-32(44,33(35,36)37)27-13-22(14-28(38)42)30(46-16-19-2-3-19)29(40-27)20-4-7-23(34)8-5-20/h4-8,11-13,18-19,24,41,44H,2-3,9-10,14-17H2,1H3,(H2,38,42)(H,39,43)/t18-,32+/m1/s1. The first-order valence-electron chi connectivity index (χ1n) is 15.1. The summed E-state index contributed by atoms with van der Waals surface area (Å²) in [5.74, 6) is -1.83. The van der Waals surface area contributed by atoms with Gasteiger partial charge in [-0.15, -0.1) is 0 Å². The molecule has 47 heavy (non-hydrogen) atoms. The molecule has 2 saturated carbocycles. The van der Waals surface area contributed by atoms with E-state index in [1.54, 1.807) is 0 Å². The average molecular weight is 662 g/mol. The third-order valence-corrected chi connectivity index (χ3v) is 7.59. The Morgan fingerprint density at radius 1 is 1.04 bits per heavy atom. The number of aliphatic hydroxyl groups is 2. The van der Waals surface area contributed by atoms with E-state index < -0.39 is 54.2 Å². The Bertz CT molecular complexity index is 1610. The zero-order valence-corrected chi connectivity index (χ0v) is 25.5. The maximum Gasteiger partial charge on any atom is 0.424 e. The number of carbonyl (C=O) groups is 2. The van der Waals surface area contributed by atoms with Crippen LogP contribution in [-0.4, -0.2) is 65.2 Å². The fourth-order valence-electron chi connectivity index (χ4n) is 4.65. The maximum atomic E-state index is 14.7. The number of ether oxygens (including phenoxy) is 3. The molecular formula is C33H35F4N3O7. The van der Waals surface area contributed by atoms with Crippen molar-refractivity contribution in [3.8, 4) is 28.5 Å². The summed E-state index contributed by atoms with van der Waals surface area (Å²) in [7, 11) is 0. The van der Waals surface area contributed by atoms with E-state index in [4.69, 9.17) is 19.9 Å². The summed E-state index contributed by atoms with van der Waals surface area (Å²) in [6.45, 7) is 0.312. The zero-order chi connectivity index (χ0) is 33.9. The van der Waals surface area contributed by atoms with E-state index >= 15 is 0 Å². The Morgan fingerprint density at radius 3 is 2.34 bits per heavy atom. The lowest BCUT2D eigenvalue weighted by Crippen LogP contribution is -2.51. The van der Waals surface area contributed by atoms with Gasteiger partial charge in [0.1, 0.15) is 23.9 Å². The highest BCUT2D eigenvalue weighted by molar-refractivity contribution is 5.95. The first-order valence-corrected chi connectivity index (χ1v) is 15.1. The fraction of sp³-hybridized carbons (Fsp3) is 0.424. The van der Waals surface area contributed by atoms with Crippen LogP contribution in [0.4, 0.5) is 17.6 Å². The van der Waals surface area contributed by atoms with Crippen LogP contribution in [-0.2, 0) is 16.8 Å². The Morgan fingerprint density at radius 2 is 1.74 bits per heavy atom. The van der Waals surface area contributed by atoms with Crippen LogP contribution in [0.3, 0.4) is 0 Å². The Hall–Kier alpha value is -4.43. The number of rotatable bonds is 15. The number of nitrogens with one attached hydrogen (secondary N) is 1. The predicted molar refractivity (Wildman–Crippen MR) is 160 cm³/mol. The van der Waals surface area contributed by atoms with Crippen molar-refractivity contribution in [3.63, 3.8) is 0 Å². The number of halogens is 4. The summed E-state index contributed by atoms with van der Waals surface area (Å²) in [4.78, 5) is 29.3. The summed E-state index contributed by atoms with van der Waals surface area (Å²) in [5, 5.41) is 23.0. The second kappa shape index (κ2) is 13.7. The molecule has 252 valence electrons. The van der Waals surface area contributed by atoms with Crippen molar-refractivity contribution in [2.75, 3.05) is 19.8 Å². The van der Waals surface area contributed by atoms with Crippen molar-refractivity contribution in [1.82, 2.24) is 10.3 Å². The molecule has 0 bridgehead atoms. The van der Waals surface area contributed by atoms with Gasteiger partial charge in [0.05, 0.1) is 37.5 Å². The summed E-state index contributed by atoms with van der Waals surface area (Å²) >= 11 is 0. The van der Waals surface area contributed by atoms with Crippen LogP contribution in [0.15, 0.2) is 48.5 Å². The molecule has 1 heterocycles. The van der Waals surface area contributed by atoms with E-state index in [0.29, 0.717) is 0 Å². The van der Waals surface area contributed by atoms with Crippen LogP contribution < -0.4 is 25.3 Å². The Kier molecular flexibility index (Phi) is 9.92. The monoisotopic (exact) mass is 661 g/mol. The number of benzene rings is 2. The summed E-state index contributed by atoms with van der Waals surface area (Å²) in [6.07, 6.45) is -3.47. The number of nitrogens with two attached hydrogens (primary N) is 1. The molecule has 2 fully saturated rings. The lowest BCUT2D eigenvalue weighted by molar-refractivity contribution is -0.265. The van der Waals surface area contributed by atoms with Crippen molar-refractivity contribution < 1.29 is 51.6 Å². The van der Waals surface area contributed by atoms with Crippen molar-refractivity contribution in [3.05, 3.63) is 71.2 Å². The molecule has 2 aromatic carbocycles. The van der Waals surface area contributed by atoms with Gasteiger partial charge in [0, 0.05) is 16.7 Å². The van der Waals surface area contributed by atoms with Gasteiger partial charge in [-0.3, -0.25) is 9.59 Å².